The van der Waals surface area contributed by atoms with E-state index >= 15 is 0 Å². The lowest BCUT2D eigenvalue weighted by Gasteiger charge is -2.25. The molecule has 1 aromatic heterocycles. The Kier molecular flexibility index (Phi) is 5.57. The van der Waals surface area contributed by atoms with Gasteiger partial charge in [0.2, 0.25) is 0 Å². The number of hydrogen-bond donors (Lipinski definition) is 1. The first kappa shape index (κ1) is 16.6. The molecule has 3 aromatic rings. The lowest BCUT2D eigenvalue weighted by molar-refractivity contribution is 1.19. The smallest absolute Gasteiger partial charge is 0.181 e. The second-order valence-corrected chi connectivity index (χ2v) is 7.12. The summed E-state index contributed by atoms with van der Waals surface area (Å²) in [5, 5.41) is 5.21. The second kappa shape index (κ2) is 8.04. The van der Waals surface area contributed by atoms with E-state index in [1.807, 2.05) is 60.7 Å². The molecule has 1 unspecified atom stereocenters. The number of anilines is 1. The van der Waals surface area contributed by atoms with Crippen molar-refractivity contribution in [3.63, 3.8) is 0 Å². The Hall–Kier alpha value is -2.23. The maximum Gasteiger partial charge on any atom is 0.181 e. The molecule has 0 saturated heterocycles. The van der Waals surface area contributed by atoms with Crippen molar-refractivity contribution in [3.05, 3.63) is 89.2 Å². The molecule has 2 aromatic carbocycles. The fraction of sp³-hybridized carbons (Fsp3) is 0. The van der Waals surface area contributed by atoms with Gasteiger partial charge in [0, 0.05) is 25.1 Å². The van der Waals surface area contributed by atoms with Gasteiger partial charge in [0.1, 0.15) is 5.69 Å². The van der Waals surface area contributed by atoms with Gasteiger partial charge in [-0.15, -0.1) is 0 Å². The maximum absolute atomic E-state index is 5.72. The Morgan fingerprint density at radius 3 is 2.29 bits per heavy atom. The number of para-hydroxylation sites is 1. The average Bonchev–Trinajstić information content (AvgIpc) is 2.65. The Bertz CT molecular complexity index is 807. The predicted octanol–water partition coefficient (Wildman–Crippen LogP) is 3.89. The van der Waals surface area contributed by atoms with Crippen LogP contribution in [-0.4, -0.2) is 10.8 Å². The van der Waals surface area contributed by atoms with Crippen LogP contribution in [0.5, 0.6) is 0 Å². The predicted molar refractivity (Wildman–Crippen MR) is 106 cm³/mol. The van der Waals surface area contributed by atoms with Crippen molar-refractivity contribution in [1.29, 1.82) is 0 Å². The molecule has 24 heavy (non-hydrogen) atoms. The van der Waals surface area contributed by atoms with E-state index in [0.717, 1.165) is 15.9 Å². The first-order valence-corrected chi connectivity index (χ1v) is 9.08. The zero-order valence-corrected chi connectivity index (χ0v) is 15.4. The minimum absolute atomic E-state index is 0.344. The molecule has 3 rings (SSSR count). The van der Waals surface area contributed by atoms with Gasteiger partial charge >= 0.3 is 0 Å². The van der Waals surface area contributed by atoms with Gasteiger partial charge in [-0.3, -0.25) is 4.98 Å². The number of nitrogens with zero attached hydrogens (tertiary/aromatic N) is 3. The van der Waals surface area contributed by atoms with E-state index in [2.05, 4.69) is 42.8 Å². The molecule has 1 heterocycles. The van der Waals surface area contributed by atoms with Crippen molar-refractivity contribution in [2.75, 3.05) is 4.67 Å². The maximum atomic E-state index is 5.72. The van der Waals surface area contributed by atoms with E-state index in [-0.39, 0.29) is 0 Å². The van der Waals surface area contributed by atoms with E-state index < -0.39 is 0 Å². The summed E-state index contributed by atoms with van der Waals surface area (Å²) in [7, 11) is 0.344. The molecule has 0 amide bonds. The number of nitrogens with two attached hydrogens (primary N) is 1. The first-order chi connectivity index (χ1) is 11.8. The van der Waals surface area contributed by atoms with Crippen LogP contribution in [0.2, 0.25) is 0 Å². The second-order valence-electron chi connectivity index (χ2n) is 4.96. The van der Waals surface area contributed by atoms with Crippen LogP contribution in [-0.2, 0) is 0 Å². The lowest BCUT2D eigenvalue weighted by atomic mass is 10.3. The Balaban J connectivity index is 2.00. The molecule has 0 aliphatic rings. The summed E-state index contributed by atoms with van der Waals surface area (Å²) in [5.74, 6) is 6.37. The normalized spacial score (nSPS) is 11.8. The standard InChI is InChI=1S/C18H16BrN4P/c19-14-9-11-16(12-10-14)24-23(15-6-2-1-3-7-15)18(22-20)17-8-4-5-13-21-17/h1-13,24H,20H2/b22-18-. The van der Waals surface area contributed by atoms with Crippen molar-refractivity contribution in [3.8, 4) is 0 Å². The summed E-state index contributed by atoms with van der Waals surface area (Å²) < 4.78 is 3.14. The van der Waals surface area contributed by atoms with Crippen LogP contribution < -0.4 is 15.8 Å². The summed E-state index contributed by atoms with van der Waals surface area (Å²) in [4.78, 5) is 4.40. The first-order valence-electron chi connectivity index (χ1n) is 7.34. The van der Waals surface area contributed by atoms with Gasteiger partial charge in [-0.2, -0.15) is 5.10 Å². The molecule has 6 heteroatoms. The van der Waals surface area contributed by atoms with Gasteiger partial charge < -0.3 is 10.5 Å². The number of rotatable bonds is 4. The van der Waals surface area contributed by atoms with Crippen LogP contribution in [0.3, 0.4) is 0 Å². The van der Waals surface area contributed by atoms with Crippen molar-refractivity contribution in [2.45, 2.75) is 0 Å². The number of hydrazone groups is 1. The Morgan fingerprint density at radius 1 is 0.958 bits per heavy atom. The van der Waals surface area contributed by atoms with Gasteiger partial charge in [0.15, 0.2) is 5.84 Å². The van der Waals surface area contributed by atoms with Crippen LogP contribution in [0.15, 0.2) is 88.6 Å². The SMILES string of the molecule is N/N=C(/c1ccccn1)N(Pc1ccc(Br)cc1)c1ccccc1. The lowest BCUT2D eigenvalue weighted by Crippen LogP contribution is -2.28. The summed E-state index contributed by atoms with van der Waals surface area (Å²) in [6, 6.07) is 24.0. The molecule has 0 spiro atoms. The topological polar surface area (TPSA) is 54.5 Å². The van der Waals surface area contributed by atoms with Gasteiger partial charge in [0.25, 0.3) is 0 Å². The molecule has 120 valence electrons. The zero-order chi connectivity index (χ0) is 16.8. The third-order valence-electron chi connectivity index (χ3n) is 3.33. The molecule has 0 aliphatic heterocycles. The Labute approximate surface area is 151 Å². The van der Waals surface area contributed by atoms with Crippen LogP contribution in [0.4, 0.5) is 5.69 Å². The minimum atomic E-state index is 0.344. The van der Waals surface area contributed by atoms with Gasteiger partial charge in [-0.25, -0.2) is 0 Å². The molecule has 0 aliphatic carbocycles. The summed E-state index contributed by atoms with van der Waals surface area (Å²) >= 11 is 3.47. The van der Waals surface area contributed by atoms with E-state index in [1.165, 1.54) is 5.30 Å². The molecule has 0 fully saturated rings. The molecule has 2 N–H and O–H groups in total. The number of halogens is 1. The van der Waals surface area contributed by atoms with Crippen LogP contribution in [0.1, 0.15) is 5.69 Å². The van der Waals surface area contributed by atoms with E-state index in [4.69, 9.17) is 5.84 Å². The third-order valence-corrected chi connectivity index (χ3v) is 5.14. The molecular formula is C18H16BrN4P. The zero-order valence-electron chi connectivity index (χ0n) is 12.8. The molecule has 0 saturated carbocycles. The fourth-order valence-electron chi connectivity index (χ4n) is 2.20. The minimum Gasteiger partial charge on any atom is -0.321 e. The summed E-state index contributed by atoms with van der Waals surface area (Å²) in [6.07, 6.45) is 1.74. The monoisotopic (exact) mass is 398 g/mol. The van der Waals surface area contributed by atoms with E-state index in [0.29, 0.717) is 14.6 Å². The van der Waals surface area contributed by atoms with Crippen LogP contribution in [0.25, 0.3) is 0 Å². The molecule has 0 bridgehead atoms. The van der Waals surface area contributed by atoms with E-state index in [1.54, 1.807) is 6.20 Å². The highest BCUT2D eigenvalue weighted by Gasteiger charge is 2.17. The van der Waals surface area contributed by atoms with Crippen molar-refractivity contribution in [1.82, 2.24) is 4.98 Å². The third kappa shape index (κ3) is 3.99. The van der Waals surface area contributed by atoms with Gasteiger partial charge in [-0.05, 0) is 41.7 Å². The van der Waals surface area contributed by atoms with Crippen molar-refractivity contribution < 1.29 is 0 Å². The van der Waals surface area contributed by atoms with Crippen LogP contribution >= 0.6 is 24.7 Å². The summed E-state index contributed by atoms with van der Waals surface area (Å²) in [6.45, 7) is 0. The summed E-state index contributed by atoms with van der Waals surface area (Å²) in [5.41, 5.74) is 1.77. The highest BCUT2D eigenvalue weighted by atomic mass is 79.9. The molecule has 0 radical (unpaired) electrons. The van der Waals surface area contributed by atoms with Crippen LogP contribution in [0, 0.1) is 0 Å². The quantitative estimate of drug-likeness (QED) is 0.238. The fourth-order valence-corrected chi connectivity index (χ4v) is 3.60. The number of amidine groups is 1. The van der Waals surface area contributed by atoms with Crippen molar-refractivity contribution in [2.24, 2.45) is 10.9 Å². The molecule has 4 nitrogen and oxygen atoms in total. The van der Waals surface area contributed by atoms with Gasteiger partial charge in [-0.1, -0.05) is 52.3 Å². The molecule has 1 atom stereocenters. The average molecular weight is 399 g/mol. The highest BCUT2D eigenvalue weighted by Crippen LogP contribution is 2.29. The number of aromatic nitrogens is 1. The Morgan fingerprint density at radius 2 is 1.67 bits per heavy atom. The number of pyridine rings is 1. The highest BCUT2D eigenvalue weighted by molar-refractivity contribution is 9.10. The van der Waals surface area contributed by atoms with Gasteiger partial charge in [0.05, 0.1) is 0 Å². The van der Waals surface area contributed by atoms with Crippen molar-refractivity contribution >= 4 is 41.5 Å². The molecular weight excluding hydrogens is 383 g/mol. The van der Waals surface area contributed by atoms with E-state index in [9.17, 15) is 0 Å². The largest absolute Gasteiger partial charge is 0.321 e. The number of hydrogen-bond acceptors (Lipinski definition) is 3. The number of benzene rings is 2.